The number of likely N-dealkylation sites (N-methyl/N-ethyl adjacent to an activating group) is 2. The predicted octanol–water partition coefficient (Wildman–Crippen LogP) is 3.69. The van der Waals surface area contributed by atoms with Gasteiger partial charge in [0.1, 0.15) is 5.56 Å². The van der Waals surface area contributed by atoms with Crippen LogP contribution in [0.4, 0.5) is 17.6 Å². The molecular formula is C21H28F4N4O2. The van der Waals surface area contributed by atoms with Crippen molar-refractivity contribution in [3.8, 4) is 17.0 Å². The van der Waals surface area contributed by atoms with Crippen LogP contribution in [0.25, 0.3) is 11.3 Å². The molecule has 172 valence electrons. The van der Waals surface area contributed by atoms with Crippen molar-refractivity contribution >= 4 is 0 Å². The van der Waals surface area contributed by atoms with Crippen molar-refractivity contribution in [2.45, 2.75) is 25.6 Å². The molecule has 0 radical (unpaired) electrons. The molecule has 1 saturated heterocycles. The third-order valence-corrected chi connectivity index (χ3v) is 5.33. The molecule has 2 N–H and O–H groups in total. The molecule has 0 atom stereocenters. The normalized spacial score (nSPS) is 15.6. The molecule has 2 heterocycles. The molecule has 3 rings (SSSR count). The predicted molar refractivity (Wildman–Crippen MR) is 108 cm³/mol. The number of H-pyrrole nitrogens is 1. The first-order valence-corrected chi connectivity index (χ1v) is 10.3. The fourth-order valence-electron chi connectivity index (χ4n) is 3.56. The molecule has 2 aromatic rings. The fourth-order valence-corrected chi connectivity index (χ4v) is 3.56. The van der Waals surface area contributed by atoms with E-state index in [1.54, 1.807) is 6.20 Å². The van der Waals surface area contributed by atoms with Gasteiger partial charge in [0.05, 0.1) is 12.3 Å². The molecule has 0 aliphatic carbocycles. The van der Waals surface area contributed by atoms with Gasteiger partial charge in [-0.1, -0.05) is 0 Å². The topological polar surface area (TPSA) is 62.4 Å². The summed E-state index contributed by atoms with van der Waals surface area (Å²) in [6.07, 6.45) is -1.79. The number of nitrogens with one attached hydrogen (secondary N) is 2. The van der Waals surface area contributed by atoms with E-state index in [-0.39, 0.29) is 23.8 Å². The number of alkyl halides is 3. The number of ether oxygens (including phenoxy) is 2. The molecular weight excluding hydrogens is 416 g/mol. The highest BCUT2D eigenvalue weighted by atomic mass is 19.4. The number of hydrogen-bond donors (Lipinski definition) is 2. The van der Waals surface area contributed by atoms with E-state index in [0.717, 1.165) is 25.2 Å². The van der Waals surface area contributed by atoms with Gasteiger partial charge in [-0.05, 0) is 45.0 Å². The van der Waals surface area contributed by atoms with Gasteiger partial charge >= 0.3 is 6.18 Å². The van der Waals surface area contributed by atoms with Gasteiger partial charge in [0, 0.05) is 50.2 Å². The molecule has 0 unspecified atom stereocenters. The quantitative estimate of drug-likeness (QED) is 0.578. The standard InChI is InChI=1S/C21H28F4N4O2/c1-26-5-6-29(2)12-16-11-27-28-19(16)15-9-17(21(23,24)25)20(18(22)10-15)31-13-14-3-7-30-8-4-14/h9-11,14,26H,3-8,12-13H2,1-2H3,(H,27,28). The van der Waals surface area contributed by atoms with Crippen LogP contribution in [-0.4, -0.2) is 62.1 Å². The van der Waals surface area contributed by atoms with Gasteiger partial charge in [-0.2, -0.15) is 18.3 Å². The van der Waals surface area contributed by atoms with Crippen LogP contribution in [0, 0.1) is 11.7 Å². The maximum atomic E-state index is 14.8. The van der Waals surface area contributed by atoms with Crippen molar-refractivity contribution in [2.75, 3.05) is 47.0 Å². The first kappa shape index (κ1) is 23.5. The van der Waals surface area contributed by atoms with Gasteiger partial charge in [0.15, 0.2) is 11.6 Å². The summed E-state index contributed by atoms with van der Waals surface area (Å²) < 4.78 is 66.7. The van der Waals surface area contributed by atoms with Crippen LogP contribution >= 0.6 is 0 Å². The summed E-state index contributed by atoms with van der Waals surface area (Å²) in [7, 11) is 3.73. The highest BCUT2D eigenvalue weighted by molar-refractivity contribution is 5.66. The van der Waals surface area contributed by atoms with Gasteiger partial charge in [-0.25, -0.2) is 4.39 Å². The molecule has 1 aromatic heterocycles. The molecule has 6 nitrogen and oxygen atoms in total. The zero-order valence-corrected chi connectivity index (χ0v) is 17.7. The van der Waals surface area contributed by atoms with E-state index in [1.165, 1.54) is 0 Å². The number of rotatable bonds is 9. The zero-order valence-electron chi connectivity index (χ0n) is 17.7. The Hall–Kier alpha value is -2.17. The molecule has 10 heteroatoms. The molecule has 0 bridgehead atoms. The van der Waals surface area contributed by atoms with Gasteiger partial charge in [-0.15, -0.1) is 0 Å². The molecule has 1 aliphatic rings. The van der Waals surface area contributed by atoms with E-state index in [2.05, 4.69) is 15.5 Å². The van der Waals surface area contributed by atoms with Gasteiger partial charge in [0.2, 0.25) is 0 Å². The second kappa shape index (κ2) is 10.4. The first-order valence-electron chi connectivity index (χ1n) is 10.3. The van der Waals surface area contributed by atoms with E-state index in [9.17, 15) is 17.6 Å². The average molecular weight is 444 g/mol. The highest BCUT2D eigenvalue weighted by Crippen LogP contribution is 2.41. The van der Waals surface area contributed by atoms with E-state index in [0.29, 0.717) is 38.2 Å². The van der Waals surface area contributed by atoms with Crippen LogP contribution in [0.3, 0.4) is 0 Å². The summed E-state index contributed by atoms with van der Waals surface area (Å²) in [6.45, 7) is 3.04. The lowest BCUT2D eigenvalue weighted by Gasteiger charge is -2.23. The minimum absolute atomic E-state index is 0.0205. The molecule has 1 fully saturated rings. The number of aromatic amines is 1. The number of benzene rings is 1. The SMILES string of the molecule is CNCCN(C)Cc1c[nH]nc1-c1cc(F)c(OCC2CCOCC2)c(C(F)(F)F)c1. The van der Waals surface area contributed by atoms with Gasteiger partial charge < -0.3 is 19.7 Å². The number of aromatic nitrogens is 2. The summed E-state index contributed by atoms with van der Waals surface area (Å²) in [5.74, 6) is -1.76. The lowest BCUT2D eigenvalue weighted by Crippen LogP contribution is -2.27. The van der Waals surface area contributed by atoms with Gasteiger partial charge in [0.25, 0.3) is 0 Å². The van der Waals surface area contributed by atoms with Crippen LogP contribution in [-0.2, 0) is 17.5 Å². The summed E-state index contributed by atoms with van der Waals surface area (Å²) >= 11 is 0. The van der Waals surface area contributed by atoms with Crippen molar-refractivity contribution in [2.24, 2.45) is 5.92 Å². The first-order chi connectivity index (χ1) is 14.8. The van der Waals surface area contributed by atoms with Crippen LogP contribution in [0.15, 0.2) is 18.3 Å². The van der Waals surface area contributed by atoms with Crippen molar-refractivity contribution in [3.63, 3.8) is 0 Å². The molecule has 31 heavy (non-hydrogen) atoms. The minimum atomic E-state index is -4.76. The van der Waals surface area contributed by atoms with Crippen molar-refractivity contribution < 1.29 is 27.0 Å². The Labute approximate surface area is 178 Å². The third-order valence-electron chi connectivity index (χ3n) is 5.33. The maximum absolute atomic E-state index is 14.8. The highest BCUT2D eigenvalue weighted by Gasteiger charge is 2.37. The lowest BCUT2D eigenvalue weighted by atomic mass is 10.0. The van der Waals surface area contributed by atoms with Crippen molar-refractivity contribution in [1.29, 1.82) is 0 Å². The Morgan fingerprint density at radius 2 is 2.03 bits per heavy atom. The van der Waals surface area contributed by atoms with Crippen molar-refractivity contribution in [1.82, 2.24) is 20.4 Å². The molecule has 0 spiro atoms. The van der Waals surface area contributed by atoms with E-state index in [1.807, 2.05) is 19.0 Å². The van der Waals surface area contributed by atoms with Crippen LogP contribution in [0.1, 0.15) is 24.0 Å². The smallest absolute Gasteiger partial charge is 0.420 e. The Kier molecular flexibility index (Phi) is 7.90. The summed E-state index contributed by atoms with van der Waals surface area (Å²) in [6, 6.07) is 1.97. The van der Waals surface area contributed by atoms with E-state index >= 15 is 0 Å². The summed E-state index contributed by atoms with van der Waals surface area (Å²) in [4.78, 5) is 2.00. The minimum Gasteiger partial charge on any atom is -0.490 e. The second-order valence-corrected chi connectivity index (χ2v) is 7.80. The second-order valence-electron chi connectivity index (χ2n) is 7.80. The monoisotopic (exact) mass is 444 g/mol. The Bertz CT molecular complexity index is 850. The lowest BCUT2D eigenvalue weighted by molar-refractivity contribution is -0.139. The van der Waals surface area contributed by atoms with Crippen LogP contribution in [0.5, 0.6) is 5.75 Å². The summed E-state index contributed by atoms with van der Waals surface area (Å²) in [5.41, 5.74) is -0.104. The fraction of sp³-hybridized carbons (Fsp3) is 0.571. The van der Waals surface area contributed by atoms with E-state index < -0.39 is 23.3 Å². The largest absolute Gasteiger partial charge is 0.490 e. The summed E-state index contributed by atoms with van der Waals surface area (Å²) in [5, 5.41) is 9.79. The van der Waals surface area contributed by atoms with Crippen LogP contribution < -0.4 is 10.1 Å². The third kappa shape index (κ3) is 6.18. The Balaban J connectivity index is 1.86. The number of hydrogen-bond acceptors (Lipinski definition) is 5. The Morgan fingerprint density at radius 3 is 2.71 bits per heavy atom. The van der Waals surface area contributed by atoms with Crippen LogP contribution in [0.2, 0.25) is 0 Å². The molecule has 0 amide bonds. The maximum Gasteiger partial charge on any atom is 0.420 e. The molecule has 1 aliphatic heterocycles. The molecule has 1 aromatic carbocycles. The molecule has 0 saturated carbocycles. The number of nitrogens with zero attached hydrogens (tertiary/aromatic N) is 2. The number of halogens is 4. The zero-order chi connectivity index (χ0) is 22.4. The van der Waals surface area contributed by atoms with Gasteiger partial charge in [-0.3, -0.25) is 5.10 Å². The van der Waals surface area contributed by atoms with E-state index in [4.69, 9.17) is 9.47 Å². The Morgan fingerprint density at radius 1 is 1.29 bits per heavy atom. The van der Waals surface area contributed by atoms with Crippen molar-refractivity contribution in [3.05, 3.63) is 35.3 Å². The average Bonchev–Trinajstić information content (AvgIpc) is 3.19.